The number of carbonyl (C=O) groups is 1. The van der Waals surface area contributed by atoms with Gasteiger partial charge in [-0.05, 0) is 45.8 Å². The van der Waals surface area contributed by atoms with Crippen molar-refractivity contribution in [3.8, 4) is 0 Å². The molecule has 0 aliphatic carbocycles. The van der Waals surface area contributed by atoms with Crippen LogP contribution in [-0.2, 0) is 13.0 Å². The third kappa shape index (κ3) is 2.70. The largest absolute Gasteiger partial charge is 0.333 e. The van der Waals surface area contributed by atoms with Crippen molar-refractivity contribution in [1.29, 1.82) is 0 Å². The first-order chi connectivity index (χ1) is 11.2. The number of aromatic nitrogens is 3. The highest BCUT2D eigenvalue weighted by Crippen LogP contribution is 2.24. The van der Waals surface area contributed by atoms with E-state index in [1.54, 1.807) is 18.5 Å². The van der Waals surface area contributed by atoms with Gasteiger partial charge in [-0.1, -0.05) is 6.07 Å². The average molecular weight is 369 g/mol. The Labute approximate surface area is 141 Å². The second-order valence-electron chi connectivity index (χ2n) is 5.49. The summed E-state index contributed by atoms with van der Waals surface area (Å²) >= 11 is 3.43. The Bertz CT molecular complexity index is 898. The zero-order chi connectivity index (χ0) is 15.8. The van der Waals surface area contributed by atoms with Crippen LogP contribution in [0.1, 0.15) is 21.7 Å². The molecule has 0 radical (unpaired) electrons. The number of amides is 1. The van der Waals surface area contributed by atoms with E-state index in [1.165, 1.54) is 0 Å². The molecule has 114 valence electrons. The quantitative estimate of drug-likeness (QED) is 0.662. The van der Waals surface area contributed by atoms with Gasteiger partial charge in [0.15, 0.2) is 5.65 Å². The first-order valence-corrected chi connectivity index (χ1v) is 8.14. The smallest absolute Gasteiger partial charge is 0.272 e. The van der Waals surface area contributed by atoms with Crippen LogP contribution in [0.2, 0.25) is 0 Å². The SMILES string of the molecule is O=C(c1ccccn1)N1CCc2nc3ncc(Br)cc3cc2C1. The van der Waals surface area contributed by atoms with Gasteiger partial charge < -0.3 is 4.90 Å². The lowest BCUT2D eigenvalue weighted by Crippen LogP contribution is -2.36. The molecule has 5 nitrogen and oxygen atoms in total. The minimum absolute atomic E-state index is 0.0382. The first kappa shape index (κ1) is 14.3. The van der Waals surface area contributed by atoms with Gasteiger partial charge in [0.1, 0.15) is 5.69 Å². The van der Waals surface area contributed by atoms with E-state index in [4.69, 9.17) is 0 Å². The Kier molecular flexibility index (Phi) is 3.53. The fraction of sp³-hybridized carbons (Fsp3) is 0.176. The molecule has 1 aliphatic rings. The second kappa shape index (κ2) is 5.70. The molecule has 3 aromatic heterocycles. The molecular weight excluding hydrogens is 356 g/mol. The first-order valence-electron chi connectivity index (χ1n) is 7.35. The van der Waals surface area contributed by atoms with Crippen LogP contribution in [0.4, 0.5) is 0 Å². The van der Waals surface area contributed by atoms with Crippen LogP contribution in [-0.4, -0.2) is 32.3 Å². The maximum atomic E-state index is 12.6. The van der Waals surface area contributed by atoms with E-state index in [0.29, 0.717) is 18.8 Å². The molecule has 0 atom stereocenters. The lowest BCUT2D eigenvalue weighted by Gasteiger charge is -2.28. The Morgan fingerprint density at radius 1 is 1.22 bits per heavy atom. The van der Waals surface area contributed by atoms with Crippen LogP contribution < -0.4 is 0 Å². The van der Waals surface area contributed by atoms with Crippen molar-refractivity contribution >= 4 is 32.9 Å². The molecule has 0 bridgehead atoms. The number of pyridine rings is 3. The topological polar surface area (TPSA) is 59.0 Å². The molecule has 0 saturated carbocycles. The Hall–Kier alpha value is -2.34. The number of halogens is 1. The van der Waals surface area contributed by atoms with E-state index in [1.807, 2.05) is 23.1 Å². The minimum Gasteiger partial charge on any atom is -0.333 e. The summed E-state index contributed by atoms with van der Waals surface area (Å²) in [5, 5.41) is 0.977. The summed E-state index contributed by atoms with van der Waals surface area (Å²) in [6.45, 7) is 1.21. The van der Waals surface area contributed by atoms with E-state index in [0.717, 1.165) is 33.2 Å². The normalized spacial score (nSPS) is 13.9. The molecule has 0 spiro atoms. The summed E-state index contributed by atoms with van der Waals surface area (Å²) in [4.78, 5) is 27.5. The Morgan fingerprint density at radius 3 is 2.96 bits per heavy atom. The summed E-state index contributed by atoms with van der Waals surface area (Å²) < 4.78 is 0.920. The third-order valence-electron chi connectivity index (χ3n) is 3.95. The van der Waals surface area contributed by atoms with Crippen LogP contribution in [0.15, 0.2) is 47.2 Å². The molecule has 4 rings (SSSR count). The predicted molar refractivity (Wildman–Crippen MR) is 89.9 cm³/mol. The van der Waals surface area contributed by atoms with Gasteiger partial charge in [0, 0.05) is 47.5 Å². The van der Waals surface area contributed by atoms with Gasteiger partial charge in [0.2, 0.25) is 0 Å². The van der Waals surface area contributed by atoms with Gasteiger partial charge >= 0.3 is 0 Å². The molecule has 0 aromatic carbocycles. The highest BCUT2D eigenvalue weighted by atomic mass is 79.9. The standard InChI is InChI=1S/C17H13BrN4O/c18-13-8-11-7-12-10-22(17(23)15-3-1-2-5-19-15)6-4-14(12)21-16(11)20-9-13/h1-3,5,7-9H,4,6,10H2. The third-order valence-corrected chi connectivity index (χ3v) is 4.39. The van der Waals surface area contributed by atoms with Crippen LogP contribution in [0, 0.1) is 0 Å². The second-order valence-corrected chi connectivity index (χ2v) is 6.40. The van der Waals surface area contributed by atoms with Gasteiger partial charge in [0.05, 0.1) is 0 Å². The number of fused-ring (bicyclic) bond motifs is 2. The fourth-order valence-electron chi connectivity index (χ4n) is 2.82. The van der Waals surface area contributed by atoms with E-state index in [2.05, 4.69) is 36.9 Å². The molecule has 0 saturated heterocycles. The van der Waals surface area contributed by atoms with E-state index < -0.39 is 0 Å². The zero-order valence-electron chi connectivity index (χ0n) is 12.2. The molecule has 0 N–H and O–H groups in total. The number of nitrogens with zero attached hydrogens (tertiary/aromatic N) is 4. The van der Waals surface area contributed by atoms with Gasteiger partial charge in [-0.3, -0.25) is 9.78 Å². The molecule has 3 aromatic rings. The van der Waals surface area contributed by atoms with Crippen molar-refractivity contribution in [3.05, 3.63) is 64.1 Å². The lowest BCUT2D eigenvalue weighted by atomic mass is 10.0. The maximum Gasteiger partial charge on any atom is 0.272 e. The van der Waals surface area contributed by atoms with Gasteiger partial charge in [0.25, 0.3) is 5.91 Å². The molecule has 4 heterocycles. The van der Waals surface area contributed by atoms with Gasteiger partial charge in [-0.2, -0.15) is 0 Å². The summed E-state index contributed by atoms with van der Waals surface area (Å²) in [5.41, 5.74) is 3.33. The molecule has 0 fully saturated rings. The monoisotopic (exact) mass is 368 g/mol. The minimum atomic E-state index is -0.0382. The highest BCUT2D eigenvalue weighted by Gasteiger charge is 2.23. The van der Waals surface area contributed by atoms with Crippen molar-refractivity contribution in [3.63, 3.8) is 0 Å². The van der Waals surface area contributed by atoms with Crippen molar-refractivity contribution in [2.24, 2.45) is 0 Å². The maximum absolute atomic E-state index is 12.6. The fourth-order valence-corrected chi connectivity index (χ4v) is 3.17. The zero-order valence-corrected chi connectivity index (χ0v) is 13.8. The molecule has 1 amide bonds. The summed E-state index contributed by atoms with van der Waals surface area (Å²) in [7, 11) is 0. The van der Waals surface area contributed by atoms with Crippen molar-refractivity contribution in [2.45, 2.75) is 13.0 Å². The predicted octanol–water partition coefficient (Wildman–Crippen LogP) is 2.99. The average Bonchev–Trinajstić information content (AvgIpc) is 2.59. The summed E-state index contributed by atoms with van der Waals surface area (Å²) in [6, 6.07) is 9.46. The van der Waals surface area contributed by atoms with Crippen LogP contribution in [0.5, 0.6) is 0 Å². The van der Waals surface area contributed by atoms with Crippen molar-refractivity contribution < 1.29 is 4.79 Å². The number of rotatable bonds is 1. The van der Waals surface area contributed by atoms with Crippen molar-refractivity contribution in [2.75, 3.05) is 6.54 Å². The van der Waals surface area contributed by atoms with Gasteiger partial charge in [-0.25, -0.2) is 9.97 Å². The molecule has 1 aliphatic heterocycles. The number of carbonyl (C=O) groups excluding carboxylic acids is 1. The Balaban J connectivity index is 1.67. The Morgan fingerprint density at radius 2 is 2.13 bits per heavy atom. The van der Waals surface area contributed by atoms with Crippen LogP contribution in [0.3, 0.4) is 0 Å². The van der Waals surface area contributed by atoms with E-state index in [9.17, 15) is 4.79 Å². The highest BCUT2D eigenvalue weighted by molar-refractivity contribution is 9.10. The van der Waals surface area contributed by atoms with Crippen LogP contribution in [0.25, 0.3) is 11.0 Å². The molecule has 6 heteroatoms. The molecule has 0 unspecified atom stereocenters. The summed E-state index contributed by atoms with van der Waals surface area (Å²) in [6.07, 6.45) is 4.13. The number of hydrogen-bond acceptors (Lipinski definition) is 4. The molecular formula is C17H13BrN4O. The van der Waals surface area contributed by atoms with Gasteiger partial charge in [-0.15, -0.1) is 0 Å². The lowest BCUT2D eigenvalue weighted by molar-refractivity contribution is 0.0728. The number of hydrogen-bond donors (Lipinski definition) is 0. The van der Waals surface area contributed by atoms with Crippen molar-refractivity contribution in [1.82, 2.24) is 19.9 Å². The van der Waals surface area contributed by atoms with E-state index >= 15 is 0 Å². The summed E-state index contributed by atoms with van der Waals surface area (Å²) in [5.74, 6) is -0.0382. The molecule has 23 heavy (non-hydrogen) atoms. The van der Waals surface area contributed by atoms with E-state index in [-0.39, 0.29) is 5.91 Å². The van der Waals surface area contributed by atoms with Crippen LogP contribution >= 0.6 is 15.9 Å².